The van der Waals surface area contributed by atoms with Crippen molar-refractivity contribution in [3.63, 3.8) is 0 Å². The fourth-order valence-electron chi connectivity index (χ4n) is 2.76. The van der Waals surface area contributed by atoms with Crippen LogP contribution in [0.25, 0.3) is 22.2 Å². The van der Waals surface area contributed by atoms with Gasteiger partial charge in [-0.05, 0) is 30.7 Å². The van der Waals surface area contributed by atoms with Crippen molar-refractivity contribution in [3.05, 3.63) is 64.6 Å². The fraction of sp³-hybridized carbons (Fsp3) is 0.200. The third kappa shape index (κ3) is 4.38. The number of thiazole rings is 1. The van der Waals surface area contributed by atoms with Crippen molar-refractivity contribution in [2.75, 3.05) is 6.54 Å². The Bertz CT molecular complexity index is 1090. The van der Waals surface area contributed by atoms with E-state index in [2.05, 4.69) is 15.2 Å². The van der Waals surface area contributed by atoms with E-state index in [1.165, 1.54) is 17.6 Å². The van der Waals surface area contributed by atoms with E-state index in [0.717, 1.165) is 17.0 Å². The zero-order chi connectivity index (χ0) is 20.2. The molecular weight excluding hydrogens is 412 g/mol. The molecule has 0 radical (unpaired) electrons. The van der Waals surface area contributed by atoms with Gasteiger partial charge in [-0.25, -0.2) is 4.98 Å². The molecule has 0 atom stereocenters. The van der Waals surface area contributed by atoms with E-state index in [4.69, 9.17) is 20.4 Å². The predicted octanol–water partition coefficient (Wildman–Crippen LogP) is 5.16. The average Bonchev–Trinajstić information content (AvgIpc) is 3.48. The minimum atomic E-state index is -0.180. The van der Waals surface area contributed by atoms with Crippen molar-refractivity contribution in [3.8, 4) is 22.2 Å². The van der Waals surface area contributed by atoms with Gasteiger partial charge in [0, 0.05) is 22.5 Å². The monoisotopic (exact) mass is 428 g/mol. The number of halogens is 1. The van der Waals surface area contributed by atoms with Gasteiger partial charge in [-0.15, -0.1) is 21.5 Å². The van der Waals surface area contributed by atoms with Gasteiger partial charge in [0.05, 0.1) is 12.8 Å². The topological polar surface area (TPSA) is 85.3 Å². The molecule has 0 saturated heterocycles. The largest absolute Gasteiger partial charge is 0.459 e. The second-order valence-corrected chi connectivity index (χ2v) is 7.54. The van der Waals surface area contributed by atoms with E-state index < -0.39 is 0 Å². The van der Waals surface area contributed by atoms with Gasteiger partial charge in [0.25, 0.3) is 11.8 Å². The molecule has 7 nitrogen and oxygen atoms in total. The molecule has 4 aromatic rings. The third-order valence-corrected chi connectivity index (χ3v) is 5.26. The van der Waals surface area contributed by atoms with Crippen molar-refractivity contribution in [2.24, 2.45) is 0 Å². The van der Waals surface area contributed by atoms with Crippen LogP contribution in [0, 0.1) is 0 Å². The second kappa shape index (κ2) is 8.59. The predicted molar refractivity (Wildman–Crippen MR) is 110 cm³/mol. The molecule has 4 rings (SSSR count). The van der Waals surface area contributed by atoms with Crippen LogP contribution in [-0.4, -0.2) is 32.5 Å². The number of rotatable bonds is 7. The summed E-state index contributed by atoms with van der Waals surface area (Å²) in [4.78, 5) is 19.2. The Morgan fingerprint density at radius 3 is 2.76 bits per heavy atom. The first-order chi connectivity index (χ1) is 14.1. The molecule has 3 heterocycles. The molecule has 148 valence electrons. The Balaban J connectivity index is 1.51. The van der Waals surface area contributed by atoms with Crippen molar-refractivity contribution >= 4 is 28.8 Å². The Labute approximate surface area is 176 Å². The van der Waals surface area contributed by atoms with Gasteiger partial charge in [0.1, 0.15) is 10.7 Å². The van der Waals surface area contributed by atoms with Crippen LogP contribution in [0.3, 0.4) is 0 Å². The first-order valence-electron chi connectivity index (χ1n) is 9.01. The molecule has 0 aliphatic heterocycles. The zero-order valence-electron chi connectivity index (χ0n) is 15.5. The third-order valence-electron chi connectivity index (χ3n) is 4.12. The Hall–Kier alpha value is -2.97. The standard InChI is InChI=1S/C20H17ClN4O3S/c1-2-9-25(11-17-23-24-18(28-17)16-4-3-10-27-16)20(26)15-12-29-19(22-15)13-5-7-14(21)8-6-13/h3-8,10,12H,2,9,11H2,1H3. The molecule has 0 unspecified atom stereocenters. The number of nitrogens with zero attached hydrogens (tertiary/aromatic N) is 4. The summed E-state index contributed by atoms with van der Waals surface area (Å²) in [5, 5.41) is 11.2. The molecule has 0 aliphatic rings. The Morgan fingerprint density at radius 2 is 2.03 bits per heavy atom. The van der Waals surface area contributed by atoms with Gasteiger partial charge in [-0.3, -0.25) is 4.79 Å². The number of benzene rings is 1. The number of amides is 1. The molecule has 0 N–H and O–H groups in total. The Kier molecular flexibility index (Phi) is 5.73. The molecule has 3 aromatic heterocycles. The SMILES string of the molecule is CCCN(Cc1nnc(-c2ccco2)o1)C(=O)c1csc(-c2ccc(Cl)cc2)n1. The quantitative estimate of drug-likeness (QED) is 0.404. The van der Waals surface area contributed by atoms with Crippen LogP contribution in [-0.2, 0) is 6.54 Å². The van der Waals surface area contributed by atoms with Crippen LogP contribution in [0.2, 0.25) is 5.02 Å². The fourth-order valence-corrected chi connectivity index (χ4v) is 3.69. The highest BCUT2D eigenvalue weighted by atomic mass is 35.5. The van der Waals surface area contributed by atoms with E-state index in [1.807, 2.05) is 19.1 Å². The van der Waals surface area contributed by atoms with Gasteiger partial charge in [0.2, 0.25) is 5.89 Å². The maximum Gasteiger partial charge on any atom is 0.283 e. The summed E-state index contributed by atoms with van der Waals surface area (Å²) in [5.74, 6) is 0.934. The summed E-state index contributed by atoms with van der Waals surface area (Å²) in [6, 6.07) is 10.8. The first-order valence-corrected chi connectivity index (χ1v) is 10.3. The zero-order valence-corrected chi connectivity index (χ0v) is 17.1. The van der Waals surface area contributed by atoms with Crippen molar-refractivity contribution in [1.82, 2.24) is 20.1 Å². The Morgan fingerprint density at radius 1 is 1.21 bits per heavy atom. The summed E-state index contributed by atoms with van der Waals surface area (Å²) < 4.78 is 10.9. The molecule has 1 amide bonds. The van der Waals surface area contributed by atoms with E-state index in [0.29, 0.717) is 28.9 Å². The number of aromatic nitrogens is 3. The molecule has 1 aromatic carbocycles. The van der Waals surface area contributed by atoms with Gasteiger partial charge >= 0.3 is 0 Å². The minimum absolute atomic E-state index is 0.180. The van der Waals surface area contributed by atoms with Gasteiger partial charge in [-0.2, -0.15) is 0 Å². The summed E-state index contributed by atoms with van der Waals surface area (Å²) in [7, 11) is 0. The number of carbonyl (C=O) groups is 1. The lowest BCUT2D eigenvalue weighted by molar-refractivity contribution is 0.0723. The van der Waals surface area contributed by atoms with Crippen LogP contribution in [0.4, 0.5) is 0 Å². The van der Waals surface area contributed by atoms with Crippen molar-refractivity contribution in [2.45, 2.75) is 19.9 Å². The van der Waals surface area contributed by atoms with Gasteiger partial charge in [0.15, 0.2) is 5.76 Å². The van der Waals surface area contributed by atoms with Crippen LogP contribution >= 0.6 is 22.9 Å². The van der Waals surface area contributed by atoms with E-state index >= 15 is 0 Å². The lowest BCUT2D eigenvalue weighted by Crippen LogP contribution is -2.31. The van der Waals surface area contributed by atoms with Gasteiger partial charge < -0.3 is 13.7 Å². The van der Waals surface area contributed by atoms with Gasteiger partial charge in [-0.1, -0.05) is 30.7 Å². The summed E-state index contributed by atoms with van der Waals surface area (Å²) >= 11 is 7.35. The highest BCUT2D eigenvalue weighted by Crippen LogP contribution is 2.26. The number of hydrogen-bond acceptors (Lipinski definition) is 7. The molecule has 0 spiro atoms. The summed E-state index contributed by atoms with van der Waals surface area (Å²) in [5.41, 5.74) is 1.31. The number of furan rings is 1. The number of carbonyl (C=O) groups excluding carboxylic acids is 1. The van der Waals surface area contributed by atoms with E-state index in [1.54, 1.807) is 34.5 Å². The molecule has 0 saturated carbocycles. The maximum absolute atomic E-state index is 13.0. The summed E-state index contributed by atoms with van der Waals surface area (Å²) in [6.45, 7) is 2.75. The molecule has 0 bridgehead atoms. The molecule has 29 heavy (non-hydrogen) atoms. The normalized spacial score (nSPS) is 11.0. The number of hydrogen-bond donors (Lipinski definition) is 0. The molecule has 9 heteroatoms. The van der Waals surface area contributed by atoms with Crippen molar-refractivity contribution in [1.29, 1.82) is 0 Å². The first kappa shape index (κ1) is 19.4. The minimum Gasteiger partial charge on any atom is -0.459 e. The smallest absolute Gasteiger partial charge is 0.283 e. The van der Waals surface area contributed by atoms with Crippen LogP contribution < -0.4 is 0 Å². The van der Waals surface area contributed by atoms with E-state index in [9.17, 15) is 4.79 Å². The molecule has 0 fully saturated rings. The van der Waals surface area contributed by atoms with Crippen LogP contribution in [0.5, 0.6) is 0 Å². The van der Waals surface area contributed by atoms with Crippen LogP contribution in [0.1, 0.15) is 29.7 Å². The molecule has 0 aliphatic carbocycles. The highest BCUT2D eigenvalue weighted by Gasteiger charge is 2.22. The lowest BCUT2D eigenvalue weighted by Gasteiger charge is -2.18. The average molecular weight is 429 g/mol. The van der Waals surface area contributed by atoms with E-state index in [-0.39, 0.29) is 18.3 Å². The second-order valence-electron chi connectivity index (χ2n) is 6.25. The maximum atomic E-state index is 13.0. The summed E-state index contributed by atoms with van der Waals surface area (Å²) in [6.07, 6.45) is 2.33. The lowest BCUT2D eigenvalue weighted by atomic mass is 10.2. The van der Waals surface area contributed by atoms with Crippen LogP contribution in [0.15, 0.2) is 56.9 Å². The molecular formula is C20H17ClN4O3S. The highest BCUT2D eigenvalue weighted by molar-refractivity contribution is 7.13. The van der Waals surface area contributed by atoms with Crippen molar-refractivity contribution < 1.29 is 13.6 Å².